The molecule has 0 saturated carbocycles. The van der Waals surface area contributed by atoms with Crippen molar-refractivity contribution in [1.29, 1.82) is 0 Å². The molecule has 0 unspecified atom stereocenters. The van der Waals surface area contributed by atoms with Gasteiger partial charge >= 0.3 is 6.18 Å². The number of carbonyl (C=O) groups excluding carboxylic acids is 1. The molecule has 5 nitrogen and oxygen atoms in total. The second-order valence-corrected chi connectivity index (χ2v) is 9.43. The van der Waals surface area contributed by atoms with E-state index in [1.165, 1.54) is 12.1 Å². The molecule has 1 heterocycles. The maximum absolute atomic E-state index is 13.4. The Balaban J connectivity index is 1.48. The standard InChI is InChI=1S/C21H21F5N2O3S/c22-18-6-5-17(13-19(18)23)32(30,31)28-11-8-15(9-12-28)20(29)27-10-7-14-1-3-16(4-2-14)21(24,25)26/h1-6,13,15H,7-12H2,(H,27,29). The molecule has 174 valence electrons. The number of piperidine rings is 1. The third-order valence-corrected chi connectivity index (χ3v) is 7.24. The fourth-order valence-electron chi connectivity index (χ4n) is 3.48. The Labute approximate surface area is 182 Å². The van der Waals surface area contributed by atoms with Gasteiger partial charge in [0, 0.05) is 25.6 Å². The Hall–Kier alpha value is -2.53. The first kappa shape index (κ1) is 24.1. The molecule has 1 amide bonds. The number of hydrogen-bond donors (Lipinski definition) is 1. The van der Waals surface area contributed by atoms with Crippen LogP contribution in [0.1, 0.15) is 24.0 Å². The van der Waals surface area contributed by atoms with E-state index in [4.69, 9.17) is 0 Å². The molecule has 0 bridgehead atoms. The lowest BCUT2D eigenvalue weighted by Crippen LogP contribution is -2.43. The number of sulfonamides is 1. The third kappa shape index (κ3) is 5.63. The summed E-state index contributed by atoms with van der Waals surface area (Å²) in [6.45, 7) is 0.341. The van der Waals surface area contributed by atoms with Gasteiger partial charge in [-0.25, -0.2) is 17.2 Å². The minimum Gasteiger partial charge on any atom is -0.356 e. The number of nitrogens with one attached hydrogen (secondary N) is 1. The van der Waals surface area contributed by atoms with Gasteiger partial charge < -0.3 is 5.32 Å². The van der Waals surface area contributed by atoms with E-state index in [0.717, 1.165) is 28.6 Å². The lowest BCUT2D eigenvalue weighted by atomic mass is 9.97. The van der Waals surface area contributed by atoms with Crippen LogP contribution in [0, 0.1) is 17.6 Å². The first-order chi connectivity index (χ1) is 15.0. The van der Waals surface area contributed by atoms with Crippen molar-refractivity contribution in [2.45, 2.75) is 30.3 Å². The number of halogens is 5. The van der Waals surface area contributed by atoms with E-state index in [1.54, 1.807) is 0 Å². The molecule has 11 heteroatoms. The van der Waals surface area contributed by atoms with Crippen molar-refractivity contribution in [3.63, 3.8) is 0 Å². The zero-order valence-corrected chi connectivity index (χ0v) is 17.6. The van der Waals surface area contributed by atoms with Crippen LogP contribution in [0.5, 0.6) is 0 Å². The quantitative estimate of drug-likeness (QED) is 0.646. The molecule has 2 aromatic rings. The van der Waals surface area contributed by atoms with Crippen molar-refractivity contribution in [3.05, 3.63) is 65.2 Å². The van der Waals surface area contributed by atoms with Crippen LogP contribution < -0.4 is 5.32 Å². The van der Waals surface area contributed by atoms with Gasteiger partial charge in [-0.3, -0.25) is 4.79 Å². The Morgan fingerprint density at radius 2 is 1.62 bits per heavy atom. The lowest BCUT2D eigenvalue weighted by Gasteiger charge is -2.30. The van der Waals surface area contributed by atoms with E-state index in [-0.39, 0.29) is 43.3 Å². The summed E-state index contributed by atoms with van der Waals surface area (Å²) in [6.07, 6.45) is -3.53. The summed E-state index contributed by atoms with van der Waals surface area (Å²) in [5.41, 5.74) is -0.0962. The lowest BCUT2D eigenvalue weighted by molar-refractivity contribution is -0.137. The summed E-state index contributed by atoms with van der Waals surface area (Å²) >= 11 is 0. The van der Waals surface area contributed by atoms with Crippen LogP contribution in [0.25, 0.3) is 0 Å². The van der Waals surface area contributed by atoms with Gasteiger partial charge in [0.25, 0.3) is 0 Å². The van der Waals surface area contributed by atoms with Gasteiger partial charge in [0.2, 0.25) is 15.9 Å². The van der Waals surface area contributed by atoms with Gasteiger partial charge in [-0.1, -0.05) is 12.1 Å². The summed E-state index contributed by atoms with van der Waals surface area (Å²) in [6, 6.07) is 7.06. The number of carbonyl (C=O) groups is 1. The molecule has 32 heavy (non-hydrogen) atoms. The average Bonchev–Trinajstić information content (AvgIpc) is 2.75. The summed E-state index contributed by atoms with van der Waals surface area (Å²) in [7, 11) is -4.00. The molecule has 1 aliphatic rings. The van der Waals surface area contributed by atoms with E-state index >= 15 is 0 Å². The highest BCUT2D eigenvalue weighted by atomic mass is 32.2. The molecule has 0 radical (unpaired) electrons. The van der Waals surface area contributed by atoms with Gasteiger partial charge in [0.15, 0.2) is 11.6 Å². The number of alkyl halides is 3. The molecule has 2 aromatic carbocycles. The number of nitrogens with zero attached hydrogens (tertiary/aromatic N) is 1. The fourth-order valence-corrected chi connectivity index (χ4v) is 4.96. The van der Waals surface area contributed by atoms with Gasteiger partial charge in [-0.2, -0.15) is 17.5 Å². The van der Waals surface area contributed by atoms with Crippen LogP contribution in [0.4, 0.5) is 22.0 Å². The molecular weight excluding hydrogens is 455 g/mol. The van der Waals surface area contributed by atoms with Crippen molar-refractivity contribution in [1.82, 2.24) is 9.62 Å². The van der Waals surface area contributed by atoms with E-state index in [9.17, 15) is 35.2 Å². The molecule has 0 aliphatic carbocycles. The van der Waals surface area contributed by atoms with Crippen molar-refractivity contribution in [2.24, 2.45) is 5.92 Å². The molecule has 0 atom stereocenters. The Bertz CT molecular complexity index is 1060. The van der Waals surface area contributed by atoms with E-state index in [1.807, 2.05) is 0 Å². The number of hydrogen-bond acceptors (Lipinski definition) is 3. The summed E-state index contributed by atoms with van der Waals surface area (Å²) in [4.78, 5) is 12.0. The van der Waals surface area contributed by atoms with E-state index < -0.39 is 39.3 Å². The molecule has 1 N–H and O–H groups in total. The predicted molar refractivity (Wildman–Crippen MR) is 106 cm³/mol. The molecule has 0 aromatic heterocycles. The molecular formula is C21H21F5N2O3S. The second-order valence-electron chi connectivity index (χ2n) is 7.49. The van der Waals surface area contributed by atoms with Gasteiger partial charge in [0.05, 0.1) is 10.5 Å². The molecule has 1 aliphatic heterocycles. The van der Waals surface area contributed by atoms with Crippen molar-refractivity contribution in [3.8, 4) is 0 Å². The fraction of sp³-hybridized carbons (Fsp3) is 0.381. The minimum absolute atomic E-state index is 0.0539. The van der Waals surface area contributed by atoms with Crippen LogP contribution in [-0.4, -0.2) is 38.3 Å². The van der Waals surface area contributed by atoms with Crippen molar-refractivity contribution >= 4 is 15.9 Å². The number of benzene rings is 2. The molecule has 3 rings (SSSR count). The topological polar surface area (TPSA) is 66.5 Å². The highest BCUT2D eigenvalue weighted by Gasteiger charge is 2.32. The largest absolute Gasteiger partial charge is 0.416 e. The van der Waals surface area contributed by atoms with Gasteiger partial charge in [-0.05, 0) is 55.2 Å². The van der Waals surface area contributed by atoms with Gasteiger partial charge in [0.1, 0.15) is 0 Å². The van der Waals surface area contributed by atoms with E-state index in [2.05, 4.69) is 5.32 Å². The maximum Gasteiger partial charge on any atom is 0.416 e. The monoisotopic (exact) mass is 476 g/mol. The first-order valence-electron chi connectivity index (χ1n) is 9.87. The Kier molecular flexibility index (Phi) is 7.19. The van der Waals surface area contributed by atoms with E-state index in [0.29, 0.717) is 18.1 Å². The highest BCUT2D eigenvalue weighted by Crippen LogP contribution is 2.29. The van der Waals surface area contributed by atoms with Crippen LogP contribution in [0.3, 0.4) is 0 Å². The van der Waals surface area contributed by atoms with Crippen molar-refractivity contribution in [2.75, 3.05) is 19.6 Å². The first-order valence-corrected chi connectivity index (χ1v) is 11.3. The highest BCUT2D eigenvalue weighted by molar-refractivity contribution is 7.89. The smallest absolute Gasteiger partial charge is 0.356 e. The Morgan fingerprint density at radius 1 is 1.00 bits per heavy atom. The van der Waals surface area contributed by atoms with Crippen LogP contribution in [0.15, 0.2) is 47.4 Å². The van der Waals surface area contributed by atoms with Crippen LogP contribution in [-0.2, 0) is 27.4 Å². The molecule has 0 spiro atoms. The molecule has 1 saturated heterocycles. The SMILES string of the molecule is O=C(NCCc1ccc(C(F)(F)F)cc1)C1CCN(S(=O)(=O)c2ccc(F)c(F)c2)CC1. The number of amides is 1. The second kappa shape index (κ2) is 9.53. The maximum atomic E-state index is 13.4. The zero-order chi connectivity index (χ0) is 23.5. The average molecular weight is 476 g/mol. The normalized spacial score (nSPS) is 16.2. The third-order valence-electron chi connectivity index (χ3n) is 5.35. The predicted octanol–water partition coefficient (Wildman–Crippen LogP) is 3.74. The summed E-state index contributed by atoms with van der Waals surface area (Å²) in [5.74, 6) is -3.08. The Morgan fingerprint density at radius 3 is 2.19 bits per heavy atom. The van der Waals surface area contributed by atoms with Crippen LogP contribution >= 0.6 is 0 Å². The minimum atomic E-state index is -4.40. The summed E-state index contributed by atoms with van der Waals surface area (Å²) < 4.78 is 90.6. The van der Waals surface area contributed by atoms with Gasteiger partial charge in [-0.15, -0.1) is 0 Å². The number of rotatable bonds is 6. The molecule has 1 fully saturated rings. The zero-order valence-electron chi connectivity index (χ0n) is 16.8. The van der Waals surface area contributed by atoms with Crippen LogP contribution in [0.2, 0.25) is 0 Å². The van der Waals surface area contributed by atoms with Crippen molar-refractivity contribution < 1.29 is 35.2 Å². The summed E-state index contributed by atoms with van der Waals surface area (Å²) in [5, 5.41) is 2.72.